The van der Waals surface area contributed by atoms with Crippen LogP contribution in [0.1, 0.15) is 31.4 Å². The topological polar surface area (TPSA) is 104 Å². The van der Waals surface area contributed by atoms with Crippen LogP contribution in [0.3, 0.4) is 0 Å². The Morgan fingerprint density at radius 1 is 1.37 bits per heavy atom. The quantitative estimate of drug-likeness (QED) is 0.231. The normalized spacial score (nSPS) is 13.2. The van der Waals surface area contributed by atoms with Gasteiger partial charge in [0.25, 0.3) is 0 Å². The predicted molar refractivity (Wildman–Crippen MR) is 132 cm³/mol. The molecule has 1 unspecified atom stereocenters. The number of halogens is 2. The molecule has 0 spiro atoms. The van der Waals surface area contributed by atoms with Crippen molar-refractivity contribution in [3.63, 3.8) is 0 Å². The number of hydrogen-bond acceptors (Lipinski definition) is 4. The van der Waals surface area contributed by atoms with Crippen molar-refractivity contribution in [3.05, 3.63) is 46.7 Å². The lowest BCUT2D eigenvalue weighted by Crippen LogP contribution is -2.40. The first-order valence-electron chi connectivity index (χ1n) is 9.51. The maximum absolute atomic E-state index is 12.2. The number of aliphatic imine (C=N–C) groups is 1. The number of nitrogens with one attached hydrogen (secondary N) is 3. The monoisotopic (exact) mass is 548 g/mol. The second-order valence-corrected chi connectivity index (χ2v) is 7.42. The van der Waals surface area contributed by atoms with Crippen LogP contribution in [0.2, 0.25) is 5.02 Å². The van der Waals surface area contributed by atoms with E-state index in [1.807, 2.05) is 19.9 Å². The summed E-state index contributed by atoms with van der Waals surface area (Å²) < 4.78 is 1.64. The van der Waals surface area contributed by atoms with Gasteiger partial charge in [-0.05, 0) is 38.5 Å². The summed E-state index contributed by atoms with van der Waals surface area (Å²) in [6.07, 6.45) is 3.64. The third-order valence-electron chi connectivity index (χ3n) is 4.40. The van der Waals surface area contributed by atoms with E-state index in [4.69, 9.17) is 11.6 Å². The van der Waals surface area contributed by atoms with E-state index in [1.54, 1.807) is 43.2 Å². The van der Waals surface area contributed by atoms with Crippen molar-refractivity contribution in [2.45, 2.75) is 32.8 Å². The Bertz CT molecular complexity index is 869. The Labute approximate surface area is 199 Å². The fraction of sp³-hybridized carbons (Fsp3) is 0.450. The summed E-state index contributed by atoms with van der Waals surface area (Å²) in [6, 6.07) is 5.40. The maximum atomic E-state index is 12.2. The van der Waals surface area contributed by atoms with E-state index in [9.17, 15) is 9.90 Å². The van der Waals surface area contributed by atoms with Gasteiger partial charge in [-0.1, -0.05) is 17.7 Å². The first-order chi connectivity index (χ1) is 13.7. The first kappa shape index (κ1) is 26.2. The summed E-state index contributed by atoms with van der Waals surface area (Å²) in [4.78, 5) is 16.7. The summed E-state index contributed by atoms with van der Waals surface area (Å²) in [6.45, 7) is 6.71. The number of aryl methyl sites for hydroxylation is 1. The Morgan fingerprint density at radius 3 is 2.73 bits per heavy atom. The van der Waals surface area contributed by atoms with Crippen molar-refractivity contribution in [3.8, 4) is 0 Å². The fourth-order valence-corrected chi connectivity index (χ4v) is 2.79. The molecule has 0 saturated carbocycles. The smallest absolute Gasteiger partial charge is 0.226 e. The Morgan fingerprint density at radius 2 is 2.10 bits per heavy atom. The lowest BCUT2D eigenvalue weighted by Gasteiger charge is -2.20. The van der Waals surface area contributed by atoms with Crippen LogP contribution < -0.4 is 16.0 Å². The summed E-state index contributed by atoms with van der Waals surface area (Å²) in [5.74, 6) is 0.407. The average molecular weight is 549 g/mol. The second-order valence-electron chi connectivity index (χ2n) is 7.01. The molecule has 8 nitrogen and oxygen atoms in total. The molecule has 0 aliphatic carbocycles. The Hall–Kier alpha value is -1.85. The number of carbonyl (C=O) groups excluding carboxylic acids is 1. The minimum absolute atomic E-state index is 0. The van der Waals surface area contributed by atoms with E-state index < -0.39 is 5.60 Å². The van der Waals surface area contributed by atoms with Gasteiger partial charge in [0.15, 0.2) is 5.96 Å². The number of rotatable bonds is 8. The van der Waals surface area contributed by atoms with E-state index in [0.717, 1.165) is 5.56 Å². The number of benzene rings is 1. The number of amides is 1. The van der Waals surface area contributed by atoms with Crippen LogP contribution >= 0.6 is 35.6 Å². The van der Waals surface area contributed by atoms with E-state index in [1.165, 1.54) is 0 Å². The third-order valence-corrected chi connectivity index (χ3v) is 4.81. The van der Waals surface area contributed by atoms with Crippen molar-refractivity contribution in [1.82, 2.24) is 20.4 Å². The van der Waals surface area contributed by atoms with Crippen molar-refractivity contribution >= 4 is 53.1 Å². The summed E-state index contributed by atoms with van der Waals surface area (Å²) in [5.41, 5.74) is 1.09. The molecule has 4 N–H and O–H groups in total. The van der Waals surface area contributed by atoms with Crippen molar-refractivity contribution in [2.75, 3.05) is 25.0 Å². The van der Waals surface area contributed by atoms with Crippen molar-refractivity contribution in [1.29, 1.82) is 0 Å². The van der Waals surface area contributed by atoms with Crippen LogP contribution in [-0.4, -0.2) is 46.4 Å². The van der Waals surface area contributed by atoms with Gasteiger partial charge in [0, 0.05) is 49.0 Å². The van der Waals surface area contributed by atoms with Crippen LogP contribution in [0.15, 0.2) is 35.6 Å². The molecule has 0 fully saturated rings. The molecular formula is C20H30ClIN6O2. The molecule has 1 amide bonds. The number of aromatic nitrogens is 2. The van der Waals surface area contributed by atoms with Crippen LogP contribution in [0, 0.1) is 6.92 Å². The predicted octanol–water partition coefficient (Wildman–Crippen LogP) is 2.79. The van der Waals surface area contributed by atoms with Gasteiger partial charge in [-0.3, -0.25) is 9.48 Å². The van der Waals surface area contributed by atoms with Gasteiger partial charge in [0.05, 0.1) is 12.7 Å². The average Bonchev–Trinajstić information content (AvgIpc) is 3.11. The molecule has 0 aliphatic heterocycles. The number of carbonyl (C=O) groups is 1. The molecule has 30 heavy (non-hydrogen) atoms. The molecule has 0 saturated heterocycles. The van der Waals surface area contributed by atoms with Crippen LogP contribution in [-0.2, 0) is 17.4 Å². The number of anilines is 1. The van der Waals surface area contributed by atoms with Crippen LogP contribution in [0.5, 0.6) is 0 Å². The summed E-state index contributed by atoms with van der Waals surface area (Å²) >= 11 is 6.08. The van der Waals surface area contributed by atoms with Gasteiger partial charge in [0.1, 0.15) is 5.60 Å². The zero-order valence-electron chi connectivity index (χ0n) is 17.7. The molecule has 1 aromatic heterocycles. The van der Waals surface area contributed by atoms with Crippen molar-refractivity contribution in [2.24, 2.45) is 12.0 Å². The highest BCUT2D eigenvalue weighted by Gasteiger charge is 2.24. The van der Waals surface area contributed by atoms with Gasteiger partial charge < -0.3 is 21.1 Å². The standard InChI is InChI=1S/C20H29ClN6O2.HI/c1-5-22-19(24-13-20(3,29)15-11-25-27(4)12-15)23-10-9-18(28)26-17-8-6-7-16(21)14(17)2;/h6-8,11-12,29H,5,9-10,13H2,1-4H3,(H,26,28)(H2,22,23,24);1H. The molecule has 2 rings (SSSR count). The third kappa shape index (κ3) is 7.77. The molecule has 1 heterocycles. The molecule has 0 radical (unpaired) electrons. The first-order valence-corrected chi connectivity index (χ1v) is 9.89. The Balaban J connectivity index is 0.00000450. The van der Waals surface area contributed by atoms with Crippen LogP contribution in [0.4, 0.5) is 5.69 Å². The molecule has 2 aromatic rings. The summed E-state index contributed by atoms with van der Waals surface area (Å²) in [5, 5.41) is 24.4. The minimum Gasteiger partial charge on any atom is -0.383 e. The summed E-state index contributed by atoms with van der Waals surface area (Å²) in [7, 11) is 1.80. The van der Waals surface area contributed by atoms with Gasteiger partial charge in [0.2, 0.25) is 5.91 Å². The molecule has 166 valence electrons. The molecule has 0 aliphatic rings. The molecular weight excluding hydrogens is 519 g/mol. The van der Waals surface area contributed by atoms with E-state index in [-0.39, 0.29) is 42.8 Å². The lowest BCUT2D eigenvalue weighted by molar-refractivity contribution is -0.116. The van der Waals surface area contributed by atoms with E-state index >= 15 is 0 Å². The highest BCUT2D eigenvalue weighted by Crippen LogP contribution is 2.23. The van der Waals surface area contributed by atoms with Crippen molar-refractivity contribution < 1.29 is 9.90 Å². The maximum Gasteiger partial charge on any atom is 0.226 e. The van der Waals surface area contributed by atoms with Gasteiger partial charge in [-0.2, -0.15) is 5.10 Å². The number of aliphatic hydroxyl groups is 1. The molecule has 1 atom stereocenters. The highest BCUT2D eigenvalue weighted by molar-refractivity contribution is 14.0. The minimum atomic E-state index is -1.14. The van der Waals surface area contributed by atoms with E-state index in [0.29, 0.717) is 35.3 Å². The SMILES string of the molecule is CCNC(=NCC(C)(O)c1cnn(C)c1)NCCC(=O)Nc1cccc(Cl)c1C.I. The number of hydrogen-bond donors (Lipinski definition) is 4. The van der Waals surface area contributed by atoms with Gasteiger partial charge in [-0.25, -0.2) is 4.99 Å². The molecule has 0 bridgehead atoms. The lowest BCUT2D eigenvalue weighted by atomic mass is 10.0. The zero-order valence-corrected chi connectivity index (χ0v) is 20.8. The van der Waals surface area contributed by atoms with Gasteiger partial charge >= 0.3 is 0 Å². The number of guanidine groups is 1. The highest BCUT2D eigenvalue weighted by atomic mass is 127. The van der Waals surface area contributed by atoms with Crippen LogP contribution in [0.25, 0.3) is 0 Å². The zero-order chi connectivity index (χ0) is 21.4. The van der Waals surface area contributed by atoms with E-state index in [2.05, 4.69) is 26.0 Å². The molecule has 1 aromatic carbocycles. The largest absolute Gasteiger partial charge is 0.383 e. The number of nitrogens with zero attached hydrogens (tertiary/aromatic N) is 3. The van der Waals surface area contributed by atoms with Gasteiger partial charge in [-0.15, -0.1) is 24.0 Å². The molecule has 10 heteroatoms. The Kier molecular flexibility index (Phi) is 10.6. The fourth-order valence-electron chi connectivity index (χ4n) is 2.62. The second kappa shape index (κ2) is 12.1.